The third kappa shape index (κ3) is 0.916. The van der Waals surface area contributed by atoms with Gasteiger partial charge >= 0.3 is 0 Å². The van der Waals surface area contributed by atoms with Crippen molar-refractivity contribution in [3.63, 3.8) is 0 Å². The molecule has 1 heterocycles. The van der Waals surface area contributed by atoms with Gasteiger partial charge < -0.3 is 25.4 Å². The number of aromatic amines is 1. The van der Waals surface area contributed by atoms with Crippen LogP contribution in [0.3, 0.4) is 0 Å². The molecule has 0 saturated heterocycles. The third-order valence-electron chi connectivity index (χ3n) is 1.14. The van der Waals surface area contributed by atoms with Crippen LogP contribution in [0.1, 0.15) is 11.9 Å². The number of nitrogens with one attached hydrogen (secondary N) is 1. The molecule has 0 aromatic carbocycles. The summed E-state index contributed by atoms with van der Waals surface area (Å²) in [5, 5.41) is 34.4. The maximum Gasteiger partial charge on any atom is 0.232 e. The Hall–Kier alpha value is -1.20. The zero-order valence-corrected chi connectivity index (χ0v) is 4.94. The minimum absolute atomic E-state index is 0.141. The van der Waals surface area contributed by atoms with Crippen molar-refractivity contribution in [1.82, 2.24) is 4.98 Å². The number of aliphatic hydroxyl groups is 2. The summed E-state index contributed by atoms with van der Waals surface area (Å²) in [5.74, 6) is -1.00. The molecule has 0 amide bonds. The molecule has 0 spiro atoms. The van der Waals surface area contributed by atoms with Crippen molar-refractivity contribution in [2.45, 2.75) is 6.29 Å². The van der Waals surface area contributed by atoms with Gasteiger partial charge in [-0.25, -0.2) is 0 Å². The highest BCUT2D eigenvalue weighted by Crippen LogP contribution is 2.30. The van der Waals surface area contributed by atoms with E-state index in [9.17, 15) is 0 Å². The molecule has 5 heteroatoms. The number of rotatable bonds is 1. The smallest absolute Gasteiger partial charge is 0.232 e. The van der Waals surface area contributed by atoms with E-state index in [1.165, 1.54) is 0 Å². The second-order valence-electron chi connectivity index (χ2n) is 1.81. The third-order valence-corrected chi connectivity index (χ3v) is 1.14. The fourth-order valence-corrected chi connectivity index (χ4v) is 0.616. The van der Waals surface area contributed by atoms with Gasteiger partial charge in [-0.3, -0.25) is 0 Å². The SMILES string of the molecule is Oc1[nH]cc(C(O)O)c1O. The predicted octanol–water partition coefficient (Wildman–Crippen LogP) is -0.591. The van der Waals surface area contributed by atoms with E-state index in [0.717, 1.165) is 6.20 Å². The van der Waals surface area contributed by atoms with Crippen LogP contribution in [0, 0.1) is 0 Å². The van der Waals surface area contributed by atoms with Crippen molar-refractivity contribution in [2.24, 2.45) is 0 Å². The summed E-state index contributed by atoms with van der Waals surface area (Å²) in [5.41, 5.74) is -0.141. The molecule has 56 valence electrons. The minimum Gasteiger partial charge on any atom is -0.503 e. The first-order valence-electron chi connectivity index (χ1n) is 2.58. The van der Waals surface area contributed by atoms with Crippen molar-refractivity contribution < 1.29 is 20.4 Å². The zero-order valence-electron chi connectivity index (χ0n) is 4.94. The molecule has 0 aliphatic carbocycles. The van der Waals surface area contributed by atoms with Gasteiger partial charge in [-0.15, -0.1) is 0 Å². The second-order valence-corrected chi connectivity index (χ2v) is 1.81. The predicted molar refractivity (Wildman–Crippen MR) is 31.3 cm³/mol. The molecule has 10 heavy (non-hydrogen) atoms. The molecule has 0 aliphatic heterocycles. The first-order valence-corrected chi connectivity index (χ1v) is 2.58. The number of hydrogen-bond acceptors (Lipinski definition) is 4. The van der Waals surface area contributed by atoms with E-state index in [1.54, 1.807) is 0 Å². The molecule has 5 N–H and O–H groups in total. The summed E-state index contributed by atoms with van der Waals surface area (Å²) >= 11 is 0. The topological polar surface area (TPSA) is 96.7 Å². The van der Waals surface area contributed by atoms with Crippen molar-refractivity contribution in [2.75, 3.05) is 0 Å². The Morgan fingerprint density at radius 2 is 1.90 bits per heavy atom. The maximum absolute atomic E-state index is 8.81. The lowest BCUT2D eigenvalue weighted by Gasteiger charge is -1.98. The van der Waals surface area contributed by atoms with E-state index >= 15 is 0 Å². The highest BCUT2D eigenvalue weighted by Gasteiger charge is 2.13. The van der Waals surface area contributed by atoms with E-state index in [-0.39, 0.29) is 5.56 Å². The lowest BCUT2D eigenvalue weighted by atomic mass is 10.3. The van der Waals surface area contributed by atoms with Crippen LogP contribution in [0.2, 0.25) is 0 Å². The standard InChI is InChI=1S/C5H7NO4/c7-3-2(5(9)10)1-6-4(3)8/h1,5-10H. The molecular formula is C5H7NO4. The number of aromatic nitrogens is 1. The first kappa shape index (κ1) is 6.91. The molecule has 5 nitrogen and oxygen atoms in total. The average Bonchev–Trinajstić information content (AvgIpc) is 2.14. The number of aromatic hydroxyl groups is 2. The number of aliphatic hydroxyl groups excluding tert-OH is 1. The summed E-state index contributed by atoms with van der Waals surface area (Å²) in [6.45, 7) is 0. The Morgan fingerprint density at radius 3 is 2.10 bits per heavy atom. The monoisotopic (exact) mass is 145 g/mol. The van der Waals surface area contributed by atoms with Gasteiger partial charge in [0.2, 0.25) is 5.88 Å². The van der Waals surface area contributed by atoms with Crippen molar-refractivity contribution in [3.05, 3.63) is 11.8 Å². The van der Waals surface area contributed by atoms with Gasteiger partial charge in [0, 0.05) is 6.20 Å². The molecule has 1 aromatic heterocycles. The molecule has 1 aromatic rings. The zero-order chi connectivity index (χ0) is 7.72. The lowest BCUT2D eigenvalue weighted by molar-refractivity contribution is -0.0437. The van der Waals surface area contributed by atoms with E-state index in [0.29, 0.717) is 0 Å². The summed E-state index contributed by atoms with van der Waals surface area (Å²) < 4.78 is 0. The van der Waals surface area contributed by atoms with Gasteiger partial charge in [0.1, 0.15) is 0 Å². The summed E-state index contributed by atoms with van der Waals surface area (Å²) in [4.78, 5) is 2.20. The van der Waals surface area contributed by atoms with Gasteiger partial charge in [-0.2, -0.15) is 0 Å². The summed E-state index contributed by atoms with van der Waals surface area (Å²) in [6, 6.07) is 0. The molecule has 0 fully saturated rings. The normalized spacial score (nSPS) is 10.7. The van der Waals surface area contributed by atoms with Crippen LogP contribution < -0.4 is 0 Å². The van der Waals surface area contributed by atoms with Crippen LogP contribution in [-0.2, 0) is 0 Å². The van der Waals surface area contributed by atoms with Crippen LogP contribution in [0.5, 0.6) is 11.6 Å². The van der Waals surface area contributed by atoms with Crippen LogP contribution in [-0.4, -0.2) is 25.4 Å². The molecule has 0 atom stereocenters. The van der Waals surface area contributed by atoms with Gasteiger partial charge in [0.05, 0.1) is 5.56 Å². The van der Waals surface area contributed by atoms with E-state index in [2.05, 4.69) is 4.98 Å². The molecular weight excluding hydrogens is 138 g/mol. The first-order chi connectivity index (χ1) is 4.63. The molecule has 0 bridgehead atoms. The highest BCUT2D eigenvalue weighted by atomic mass is 16.5. The Balaban J connectivity index is 3.05. The van der Waals surface area contributed by atoms with E-state index in [4.69, 9.17) is 20.4 Å². The Labute approximate surface area is 56.2 Å². The maximum atomic E-state index is 8.81. The van der Waals surface area contributed by atoms with Crippen molar-refractivity contribution >= 4 is 0 Å². The number of H-pyrrole nitrogens is 1. The van der Waals surface area contributed by atoms with Crippen LogP contribution >= 0.6 is 0 Å². The molecule has 0 unspecified atom stereocenters. The van der Waals surface area contributed by atoms with Gasteiger partial charge in [0.15, 0.2) is 12.0 Å². The Morgan fingerprint density at radius 1 is 1.30 bits per heavy atom. The highest BCUT2D eigenvalue weighted by molar-refractivity contribution is 5.40. The van der Waals surface area contributed by atoms with Crippen molar-refractivity contribution in [1.29, 1.82) is 0 Å². The Kier molecular flexibility index (Phi) is 1.52. The summed E-state index contributed by atoms with van der Waals surface area (Å²) in [7, 11) is 0. The minimum atomic E-state index is -1.77. The fraction of sp³-hybridized carbons (Fsp3) is 0.200. The van der Waals surface area contributed by atoms with Crippen molar-refractivity contribution in [3.8, 4) is 11.6 Å². The largest absolute Gasteiger partial charge is 0.503 e. The number of hydrogen-bond donors (Lipinski definition) is 5. The average molecular weight is 145 g/mol. The summed E-state index contributed by atoms with van der Waals surface area (Å²) in [6.07, 6.45) is -0.660. The van der Waals surface area contributed by atoms with Crippen LogP contribution in [0.15, 0.2) is 6.20 Å². The molecule has 0 saturated carbocycles. The molecule has 1 rings (SSSR count). The molecule has 0 aliphatic rings. The second kappa shape index (κ2) is 2.20. The molecule has 0 radical (unpaired) electrons. The van der Waals surface area contributed by atoms with Gasteiger partial charge in [0.25, 0.3) is 0 Å². The van der Waals surface area contributed by atoms with Crippen LogP contribution in [0.25, 0.3) is 0 Å². The quantitative estimate of drug-likeness (QED) is 0.341. The Bertz CT molecular complexity index is 230. The lowest BCUT2D eigenvalue weighted by Crippen LogP contribution is -1.91. The van der Waals surface area contributed by atoms with E-state index < -0.39 is 17.9 Å². The van der Waals surface area contributed by atoms with Gasteiger partial charge in [-0.05, 0) is 0 Å². The van der Waals surface area contributed by atoms with E-state index in [1.807, 2.05) is 0 Å². The fourth-order valence-electron chi connectivity index (χ4n) is 0.616. The van der Waals surface area contributed by atoms with Gasteiger partial charge in [-0.1, -0.05) is 0 Å². The van der Waals surface area contributed by atoms with Crippen LogP contribution in [0.4, 0.5) is 0 Å².